The molecule has 1 unspecified atom stereocenters. The predicted molar refractivity (Wildman–Crippen MR) is 80.5 cm³/mol. The van der Waals surface area contributed by atoms with Gasteiger partial charge >= 0.3 is 0 Å². The number of nitrogens with one attached hydrogen (secondary N) is 1. The van der Waals surface area contributed by atoms with E-state index in [4.69, 9.17) is 11.0 Å². The number of rotatable bonds is 3. The zero-order chi connectivity index (χ0) is 12.7. The van der Waals surface area contributed by atoms with Gasteiger partial charge in [0.2, 0.25) is 5.91 Å². The van der Waals surface area contributed by atoms with E-state index in [1.165, 1.54) is 6.42 Å². The number of hydrogen-bond acceptors (Lipinski definition) is 3. The van der Waals surface area contributed by atoms with Gasteiger partial charge in [-0.2, -0.15) is 5.26 Å². The number of amides is 1. The van der Waals surface area contributed by atoms with Crippen LogP contribution in [0.2, 0.25) is 0 Å². The lowest BCUT2D eigenvalue weighted by Crippen LogP contribution is -2.44. The van der Waals surface area contributed by atoms with Crippen LogP contribution in [0.5, 0.6) is 0 Å². The van der Waals surface area contributed by atoms with E-state index in [1.807, 2.05) is 11.0 Å². The van der Waals surface area contributed by atoms with Crippen LogP contribution in [-0.4, -0.2) is 42.9 Å². The Kier molecular flexibility index (Phi) is 8.45. The molecule has 1 heterocycles. The minimum Gasteiger partial charge on any atom is -0.370 e. The monoisotopic (exact) mass is 365 g/mol. The molecule has 0 aromatic heterocycles. The lowest BCUT2D eigenvalue weighted by Gasteiger charge is -2.31. The molecule has 1 atom stereocenters. The predicted octanol–water partition coefficient (Wildman–Crippen LogP) is 0.291. The molecule has 0 spiro atoms. The standard InChI is InChI=1S/C11H19N5O.HI/c1-9-3-2-6-16(8-9)11(13)15-7-10(17)14-5-4-12;/h9H,2-3,5-8H2,1H3,(H2,13,15)(H,14,17);1H. The van der Waals surface area contributed by atoms with Crippen molar-refractivity contribution in [3.8, 4) is 6.07 Å². The first-order chi connectivity index (χ1) is 8.13. The minimum atomic E-state index is -0.278. The quantitative estimate of drug-likeness (QED) is 0.325. The van der Waals surface area contributed by atoms with Crippen molar-refractivity contribution >= 4 is 35.8 Å². The molecule has 0 aromatic carbocycles. The van der Waals surface area contributed by atoms with Gasteiger partial charge in [-0.1, -0.05) is 6.92 Å². The Morgan fingerprint density at radius 2 is 2.39 bits per heavy atom. The Bertz CT molecular complexity index is 339. The van der Waals surface area contributed by atoms with Crippen molar-refractivity contribution in [2.24, 2.45) is 16.6 Å². The summed E-state index contributed by atoms with van der Waals surface area (Å²) in [5.74, 6) is 0.758. The molecule has 0 radical (unpaired) electrons. The van der Waals surface area contributed by atoms with Gasteiger partial charge in [-0.15, -0.1) is 24.0 Å². The smallest absolute Gasteiger partial charge is 0.242 e. The zero-order valence-electron chi connectivity index (χ0n) is 10.6. The molecule has 1 amide bonds. The maximum atomic E-state index is 11.2. The molecule has 0 aliphatic carbocycles. The normalized spacial score (nSPS) is 19.7. The van der Waals surface area contributed by atoms with Gasteiger partial charge in [0.25, 0.3) is 0 Å². The van der Waals surface area contributed by atoms with Crippen molar-refractivity contribution in [1.82, 2.24) is 10.2 Å². The van der Waals surface area contributed by atoms with Crippen molar-refractivity contribution < 1.29 is 4.79 Å². The third-order valence-corrected chi connectivity index (χ3v) is 2.73. The van der Waals surface area contributed by atoms with Gasteiger partial charge in [-0.25, -0.2) is 4.99 Å². The summed E-state index contributed by atoms with van der Waals surface area (Å²) in [6.07, 6.45) is 2.32. The van der Waals surface area contributed by atoms with Gasteiger partial charge < -0.3 is 16.0 Å². The Balaban J connectivity index is 0.00000289. The van der Waals surface area contributed by atoms with E-state index in [0.717, 1.165) is 19.5 Å². The summed E-state index contributed by atoms with van der Waals surface area (Å²) in [6.45, 7) is 3.97. The fourth-order valence-corrected chi connectivity index (χ4v) is 1.84. The molecule has 0 bridgehead atoms. The molecule has 1 rings (SSSR count). The number of guanidine groups is 1. The first kappa shape index (κ1) is 17.0. The van der Waals surface area contributed by atoms with Gasteiger partial charge in [0.05, 0.1) is 6.07 Å². The highest BCUT2D eigenvalue weighted by atomic mass is 127. The van der Waals surface area contributed by atoms with Crippen molar-refractivity contribution in [3.05, 3.63) is 0 Å². The second-order valence-corrected chi connectivity index (χ2v) is 4.30. The summed E-state index contributed by atoms with van der Waals surface area (Å²) >= 11 is 0. The SMILES string of the molecule is CC1CCCN(C(N)=NCC(=O)NCC#N)C1.I. The van der Waals surface area contributed by atoms with Crippen molar-refractivity contribution in [3.63, 3.8) is 0 Å². The number of nitriles is 1. The lowest BCUT2D eigenvalue weighted by molar-refractivity contribution is -0.119. The molecule has 3 N–H and O–H groups in total. The molecule has 0 aromatic rings. The largest absolute Gasteiger partial charge is 0.370 e. The minimum absolute atomic E-state index is 0. The highest BCUT2D eigenvalue weighted by molar-refractivity contribution is 14.0. The van der Waals surface area contributed by atoms with E-state index in [2.05, 4.69) is 17.2 Å². The molecule has 102 valence electrons. The maximum absolute atomic E-state index is 11.2. The number of hydrogen-bond donors (Lipinski definition) is 2. The van der Waals surface area contributed by atoms with E-state index in [1.54, 1.807) is 0 Å². The second kappa shape index (κ2) is 8.97. The highest BCUT2D eigenvalue weighted by Crippen LogP contribution is 2.14. The molecular weight excluding hydrogens is 345 g/mol. The molecule has 1 saturated heterocycles. The third-order valence-electron chi connectivity index (χ3n) is 2.73. The number of halogens is 1. The molecule has 0 saturated carbocycles. The number of nitrogens with two attached hydrogens (primary N) is 1. The van der Waals surface area contributed by atoms with Crippen LogP contribution in [0.1, 0.15) is 19.8 Å². The van der Waals surface area contributed by atoms with E-state index in [-0.39, 0.29) is 43.0 Å². The van der Waals surface area contributed by atoms with E-state index in [9.17, 15) is 4.79 Å². The molecule has 6 nitrogen and oxygen atoms in total. The van der Waals surface area contributed by atoms with E-state index in [0.29, 0.717) is 11.9 Å². The summed E-state index contributed by atoms with van der Waals surface area (Å²) in [5, 5.41) is 10.7. The maximum Gasteiger partial charge on any atom is 0.242 e. The summed E-state index contributed by atoms with van der Waals surface area (Å²) in [7, 11) is 0. The Morgan fingerprint density at radius 1 is 1.67 bits per heavy atom. The van der Waals surface area contributed by atoms with Crippen LogP contribution >= 0.6 is 24.0 Å². The van der Waals surface area contributed by atoms with Crippen LogP contribution in [0.4, 0.5) is 0 Å². The molecule has 18 heavy (non-hydrogen) atoms. The van der Waals surface area contributed by atoms with Crippen LogP contribution in [-0.2, 0) is 4.79 Å². The lowest BCUT2D eigenvalue weighted by atomic mass is 10.0. The summed E-state index contributed by atoms with van der Waals surface area (Å²) in [6, 6.07) is 1.83. The average molecular weight is 365 g/mol. The molecule has 1 fully saturated rings. The Hall–Kier alpha value is -1.04. The van der Waals surface area contributed by atoms with Crippen molar-refractivity contribution in [2.75, 3.05) is 26.2 Å². The summed E-state index contributed by atoms with van der Waals surface area (Å²) in [4.78, 5) is 17.2. The first-order valence-electron chi connectivity index (χ1n) is 5.82. The zero-order valence-corrected chi connectivity index (χ0v) is 12.9. The topological polar surface area (TPSA) is 94.5 Å². The fraction of sp³-hybridized carbons (Fsp3) is 0.727. The molecule has 7 heteroatoms. The number of aliphatic imine (C=N–C) groups is 1. The van der Waals surface area contributed by atoms with Gasteiger partial charge in [-0.05, 0) is 18.8 Å². The fourth-order valence-electron chi connectivity index (χ4n) is 1.84. The van der Waals surface area contributed by atoms with E-state index >= 15 is 0 Å². The Labute approximate surface area is 125 Å². The highest BCUT2D eigenvalue weighted by Gasteiger charge is 2.17. The van der Waals surface area contributed by atoms with Crippen molar-refractivity contribution in [2.45, 2.75) is 19.8 Å². The second-order valence-electron chi connectivity index (χ2n) is 4.30. The van der Waals surface area contributed by atoms with E-state index < -0.39 is 0 Å². The number of piperidine rings is 1. The van der Waals surface area contributed by atoms with Crippen LogP contribution in [0.15, 0.2) is 4.99 Å². The summed E-state index contributed by atoms with van der Waals surface area (Å²) in [5.41, 5.74) is 5.82. The number of likely N-dealkylation sites (tertiary alicyclic amines) is 1. The van der Waals surface area contributed by atoms with Gasteiger partial charge in [-0.3, -0.25) is 4.79 Å². The molecular formula is C11H20IN5O. The van der Waals surface area contributed by atoms with Crippen LogP contribution < -0.4 is 11.1 Å². The Morgan fingerprint density at radius 3 is 3.00 bits per heavy atom. The van der Waals surface area contributed by atoms with Gasteiger partial charge in [0.15, 0.2) is 5.96 Å². The van der Waals surface area contributed by atoms with Crippen LogP contribution in [0.25, 0.3) is 0 Å². The van der Waals surface area contributed by atoms with Crippen LogP contribution in [0.3, 0.4) is 0 Å². The van der Waals surface area contributed by atoms with Crippen LogP contribution in [0, 0.1) is 17.2 Å². The number of carbonyl (C=O) groups excluding carboxylic acids is 1. The third kappa shape index (κ3) is 6.05. The molecule has 1 aliphatic heterocycles. The van der Waals surface area contributed by atoms with Crippen molar-refractivity contribution in [1.29, 1.82) is 5.26 Å². The first-order valence-corrected chi connectivity index (χ1v) is 5.82. The van der Waals surface area contributed by atoms with Gasteiger partial charge in [0.1, 0.15) is 13.1 Å². The summed E-state index contributed by atoms with van der Waals surface area (Å²) < 4.78 is 0. The van der Waals surface area contributed by atoms with Gasteiger partial charge in [0, 0.05) is 13.1 Å². The average Bonchev–Trinajstić information content (AvgIpc) is 2.33. The number of nitrogens with zero attached hydrogens (tertiary/aromatic N) is 3. The molecule has 1 aliphatic rings. The number of carbonyl (C=O) groups is 1.